The lowest BCUT2D eigenvalue weighted by atomic mass is 10.1. The number of hydrogen-bond acceptors (Lipinski definition) is 5. The number of nitrogens with zero attached hydrogens (tertiary/aromatic N) is 5. The highest BCUT2D eigenvalue weighted by atomic mass is 15.4. The summed E-state index contributed by atoms with van der Waals surface area (Å²) >= 11 is 0. The predicted octanol–water partition coefficient (Wildman–Crippen LogP) is 0.283. The minimum Gasteiger partial charge on any atom is -0.270 e. The molecule has 0 aliphatic rings. The largest absolute Gasteiger partial charge is 0.270 e. The van der Waals surface area contributed by atoms with Crippen LogP contribution in [0.1, 0.15) is 36.5 Å². The third-order valence-electron chi connectivity index (χ3n) is 2.88. The van der Waals surface area contributed by atoms with Gasteiger partial charge in [-0.25, -0.2) is 10.1 Å². The Hall–Kier alpha value is -1.73. The Kier molecular flexibility index (Phi) is 3.73. The average Bonchev–Trinajstić information content (AvgIpc) is 2.89. The summed E-state index contributed by atoms with van der Waals surface area (Å²) in [5.74, 6) is 5.68. The molecule has 98 valence electrons. The van der Waals surface area contributed by atoms with Crippen LogP contribution in [0.3, 0.4) is 0 Å². The van der Waals surface area contributed by atoms with E-state index in [9.17, 15) is 0 Å². The summed E-state index contributed by atoms with van der Waals surface area (Å²) in [5.41, 5.74) is 5.71. The lowest BCUT2D eigenvalue weighted by Gasteiger charge is -2.16. The van der Waals surface area contributed by atoms with E-state index in [1.165, 1.54) is 0 Å². The van der Waals surface area contributed by atoms with Crippen molar-refractivity contribution in [2.75, 3.05) is 0 Å². The molecule has 2 rings (SSSR count). The highest BCUT2D eigenvalue weighted by molar-refractivity contribution is 5.22. The number of nitrogens with one attached hydrogen (secondary N) is 1. The predicted molar refractivity (Wildman–Crippen MR) is 67.4 cm³/mol. The molecule has 2 heterocycles. The summed E-state index contributed by atoms with van der Waals surface area (Å²) in [6, 6.07) is 1.85. The standard InChI is InChI=1S/C11H19N7/c1-4-5-18-10(7-13-16-18)11(14-12)9-6-8(2)15-17(9)3/h6-7,11,14H,4-5,12H2,1-3H3. The molecule has 0 fully saturated rings. The summed E-state index contributed by atoms with van der Waals surface area (Å²) in [7, 11) is 1.90. The Morgan fingerprint density at radius 1 is 1.44 bits per heavy atom. The molecular weight excluding hydrogens is 230 g/mol. The van der Waals surface area contributed by atoms with Crippen molar-refractivity contribution in [3.63, 3.8) is 0 Å². The molecule has 0 saturated carbocycles. The summed E-state index contributed by atoms with van der Waals surface area (Å²) < 4.78 is 3.69. The van der Waals surface area contributed by atoms with Gasteiger partial charge in [-0.15, -0.1) is 5.10 Å². The van der Waals surface area contributed by atoms with Gasteiger partial charge in [0.1, 0.15) is 6.04 Å². The molecule has 1 unspecified atom stereocenters. The van der Waals surface area contributed by atoms with Crippen LogP contribution in [-0.2, 0) is 13.6 Å². The smallest absolute Gasteiger partial charge is 0.106 e. The molecule has 0 aliphatic carbocycles. The van der Waals surface area contributed by atoms with Crippen molar-refractivity contribution < 1.29 is 0 Å². The Bertz CT molecular complexity index is 513. The molecule has 0 aromatic carbocycles. The highest BCUT2D eigenvalue weighted by Crippen LogP contribution is 2.20. The summed E-state index contributed by atoms with van der Waals surface area (Å²) in [6.07, 6.45) is 2.74. The molecule has 0 saturated heterocycles. The Morgan fingerprint density at radius 2 is 2.22 bits per heavy atom. The van der Waals surface area contributed by atoms with Crippen molar-refractivity contribution in [3.05, 3.63) is 29.3 Å². The van der Waals surface area contributed by atoms with Crippen molar-refractivity contribution in [1.29, 1.82) is 0 Å². The topological polar surface area (TPSA) is 86.6 Å². The Morgan fingerprint density at radius 3 is 2.78 bits per heavy atom. The maximum atomic E-state index is 5.68. The molecule has 18 heavy (non-hydrogen) atoms. The van der Waals surface area contributed by atoms with Gasteiger partial charge < -0.3 is 0 Å². The maximum absolute atomic E-state index is 5.68. The maximum Gasteiger partial charge on any atom is 0.106 e. The highest BCUT2D eigenvalue weighted by Gasteiger charge is 2.21. The van der Waals surface area contributed by atoms with Crippen molar-refractivity contribution in [2.45, 2.75) is 32.9 Å². The molecule has 7 heteroatoms. The van der Waals surface area contributed by atoms with Crippen molar-refractivity contribution in [1.82, 2.24) is 30.2 Å². The van der Waals surface area contributed by atoms with Crippen molar-refractivity contribution >= 4 is 0 Å². The minimum atomic E-state index is -0.155. The number of hydrazine groups is 1. The summed E-state index contributed by atoms with van der Waals surface area (Å²) in [6.45, 7) is 4.88. The van der Waals surface area contributed by atoms with Crippen LogP contribution in [0, 0.1) is 6.92 Å². The molecule has 7 nitrogen and oxygen atoms in total. The number of aryl methyl sites for hydroxylation is 3. The fraction of sp³-hybridized carbons (Fsp3) is 0.545. The molecule has 2 aromatic rings. The van der Waals surface area contributed by atoms with E-state index in [0.29, 0.717) is 0 Å². The van der Waals surface area contributed by atoms with E-state index in [1.807, 2.05) is 29.4 Å². The van der Waals surface area contributed by atoms with Crippen LogP contribution in [-0.4, -0.2) is 24.8 Å². The normalized spacial score (nSPS) is 12.9. The van der Waals surface area contributed by atoms with Crippen LogP contribution in [0.25, 0.3) is 0 Å². The SMILES string of the molecule is CCCn1nncc1C(NN)c1cc(C)nn1C. The molecular formula is C11H19N7. The van der Waals surface area contributed by atoms with E-state index in [1.54, 1.807) is 6.20 Å². The second-order valence-electron chi connectivity index (χ2n) is 4.32. The van der Waals surface area contributed by atoms with E-state index in [0.717, 1.165) is 30.0 Å². The van der Waals surface area contributed by atoms with E-state index >= 15 is 0 Å². The van der Waals surface area contributed by atoms with Gasteiger partial charge in [-0.3, -0.25) is 10.5 Å². The zero-order valence-corrected chi connectivity index (χ0v) is 11.0. The van der Waals surface area contributed by atoms with E-state index in [-0.39, 0.29) is 6.04 Å². The fourth-order valence-corrected chi connectivity index (χ4v) is 2.10. The molecule has 0 bridgehead atoms. The fourth-order valence-electron chi connectivity index (χ4n) is 2.10. The lowest BCUT2D eigenvalue weighted by Crippen LogP contribution is -2.32. The zero-order chi connectivity index (χ0) is 13.1. The van der Waals surface area contributed by atoms with Crippen LogP contribution < -0.4 is 11.3 Å². The first-order valence-corrected chi connectivity index (χ1v) is 6.02. The van der Waals surface area contributed by atoms with Gasteiger partial charge in [-0.05, 0) is 19.4 Å². The number of nitrogens with two attached hydrogens (primary N) is 1. The molecule has 0 spiro atoms. The van der Waals surface area contributed by atoms with Gasteiger partial charge in [-0.2, -0.15) is 5.10 Å². The van der Waals surface area contributed by atoms with Crippen LogP contribution >= 0.6 is 0 Å². The summed E-state index contributed by atoms with van der Waals surface area (Å²) in [5, 5.41) is 12.4. The van der Waals surface area contributed by atoms with Gasteiger partial charge in [0.05, 0.1) is 23.3 Å². The number of aromatic nitrogens is 5. The first kappa shape index (κ1) is 12.7. The van der Waals surface area contributed by atoms with Gasteiger partial charge in [0, 0.05) is 13.6 Å². The van der Waals surface area contributed by atoms with Crippen molar-refractivity contribution in [3.8, 4) is 0 Å². The second-order valence-corrected chi connectivity index (χ2v) is 4.32. The quantitative estimate of drug-likeness (QED) is 0.587. The van der Waals surface area contributed by atoms with Crippen LogP contribution in [0.15, 0.2) is 12.3 Å². The van der Waals surface area contributed by atoms with E-state index in [2.05, 4.69) is 27.8 Å². The van der Waals surface area contributed by atoms with Crippen LogP contribution in [0.5, 0.6) is 0 Å². The molecule has 0 radical (unpaired) electrons. The number of hydrogen-bond donors (Lipinski definition) is 2. The molecule has 1 atom stereocenters. The van der Waals surface area contributed by atoms with Gasteiger partial charge in [0.2, 0.25) is 0 Å². The zero-order valence-electron chi connectivity index (χ0n) is 11.0. The van der Waals surface area contributed by atoms with Gasteiger partial charge in [-0.1, -0.05) is 12.1 Å². The number of rotatable bonds is 5. The third-order valence-corrected chi connectivity index (χ3v) is 2.88. The first-order chi connectivity index (χ1) is 8.67. The van der Waals surface area contributed by atoms with E-state index < -0.39 is 0 Å². The monoisotopic (exact) mass is 249 g/mol. The van der Waals surface area contributed by atoms with Crippen LogP contribution in [0.2, 0.25) is 0 Å². The molecule has 2 aromatic heterocycles. The Balaban J connectivity index is 2.39. The van der Waals surface area contributed by atoms with Gasteiger partial charge >= 0.3 is 0 Å². The minimum absolute atomic E-state index is 0.155. The van der Waals surface area contributed by atoms with Gasteiger partial charge in [0.15, 0.2) is 0 Å². The van der Waals surface area contributed by atoms with Crippen molar-refractivity contribution in [2.24, 2.45) is 12.9 Å². The Labute approximate surface area is 106 Å². The second kappa shape index (κ2) is 5.28. The van der Waals surface area contributed by atoms with E-state index in [4.69, 9.17) is 5.84 Å². The van der Waals surface area contributed by atoms with Gasteiger partial charge in [0.25, 0.3) is 0 Å². The summed E-state index contributed by atoms with van der Waals surface area (Å²) in [4.78, 5) is 0. The molecule has 0 amide bonds. The van der Waals surface area contributed by atoms with Crippen LogP contribution in [0.4, 0.5) is 0 Å². The first-order valence-electron chi connectivity index (χ1n) is 6.02. The third kappa shape index (κ3) is 2.27. The molecule has 0 aliphatic heterocycles. The lowest BCUT2D eigenvalue weighted by molar-refractivity contribution is 0.494. The average molecular weight is 249 g/mol. The molecule has 3 N–H and O–H groups in total.